The Hall–Kier alpha value is -2.09. The second-order valence-corrected chi connectivity index (χ2v) is 4.77. The van der Waals surface area contributed by atoms with Crippen LogP contribution in [0.3, 0.4) is 0 Å². The van der Waals surface area contributed by atoms with Crippen molar-refractivity contribution in [2.75, 3.05) is 18.6 Å². The molecule has 0 saturated heterocycles. The average molecular weight is 271 g/mol. The first-order valence-electron chi connectivity index (χ1n) is 5.73. The summed E-state index contributed by atoms with van der Waals surface area (Å²) in [6.07, 6.45) is 0. The van der Waals surface area contributed by atoms with Crippen molar-refractivity contribution >= 4 is 22.9 Å². The van der Waals surface area contributed by atoms with Gasteiger partial charge in [-0.2, -0.15) is 0 Å². The highest BCUT2D eigenvalue weighted by Crippen LogP contribution is 2.19. The van der Waals surface area contributed by atoms with Crippen LogP contribution < -0.4 is 4.90 Å². The number of nitrogens with zero attached hydrogens (tertiary/aromatic N) is 1. The van der Waals surface area contributed by atoms with Crippen LogP contribution >= 0.6 is 11.3 Å². The quantitative estimate of drug-likeness (QED) is 0.852. The van der Waals surface area contributed by atoms with Crippen LogP contribution in [0.25, 0.3) is 0 Å². The molecule has 0 unspecified atom stereocenters. The van der Waals surface area contributed by atoms with Gasteiger partial charge in [0.05, 0.1) is 10.4 Å². The van der Waals surface area contributed by atoms with Crippen LogP contribution in [0.1, 0.15) is 15.2 Å². The largest absolute Gasteiger partial charge is 0.384 e. The smallest absolute Gasteiger partial charge is 0.258 e. The number of para-hydroxylation sites is 1. The molecule has 19 heavy (non-hydrogen) atoms. The van der Waals surface area contributed by atoms with E-state index in [2.05, 4.69) is 11.8 Å². The van der Waals surface area contributed by atoms with Crippen LogP contribution in [-0.4, -0.2) is 24.7 Å². The summed E-state index contributed by atoms with van der Waals surface area (Å²) in [5.41, 5.74) is 1.46. The molecular weight excluding hydrogens is 258 g/mol. The van der Waals surface area contributed by atoms with E-state index >= 15 is 0 Å². The van der Waals surface area contributed by atoms with Gasteiger partial charge < -0.3 is 10.0 Å². The number of anilines is 1. The molecule has 1 aromatic carbocycles. The molecule has 0 aliphatic rings. The second-order valence-electron chi connectivity index (χ2n) is 3.86. The number of carbonyl (C=O) groups excluding carboxylic acids is 1. The molecule has 0 radical (unpaired) electrons. The molecule has 1 N–H and O–H groups in total. The Morgan fingerprint density at radius 1 is 1.37 bits per heavy atom. The molecular formula is C15H13NO2S. The molecule has 4 heteroatoms. The van der Waals surface area contributed by atoms with Crippen LogP contribution in [0.2, 0.25) is 0 Å². The Labute approximate surface area is 116 Å². The first-order valence-corrected chi connectivity index (χ1v) is 6.61. The molecule has 0 fully saturated rings. The van der Waals surface area contributed by atoms with Crippen molar-refractivity contribution in [1.29, 1.82) is 0 Å². The molecule has 3 nitrogen and oxygen atoms in total. The van der Waals surface area contributed by atoms with Gasteiger partial charge in [-0.1, -0.05) is 30.0 Å². The maximum atomic E-state index is 12.3. The van der Waals surface area contributed by atoms with Crippen molar-refractivity contribution < 1.29 is 9.90 Å². The minimum absolute atomic E-state index is 0.0699. The SMILES string of the molecule is CN(C(=O)c1csc(C#CCO)c1)c1ccccc1. The molecule has 96 valence electrons. The standard InChI is InChI=1S/C15H13NO2S/c1-16(13-6-3-2-4-7-13)15(18)12-10-14(19-11-12)8-5-9-17/h2-4,6-7,10-11,17H,9H2,1H3. The lowest BCUT2D eigenvalue weighted by Gasteiger charge is -2.16. The van der Waals surface area contributed by atoms with Crippen molar-refractivity contribution in [2.24, 2.45) is 0 Å². The van der Waals surface area contributed by atoms with E-state index < -0.39 is 0 Å². The Bertz CT molecular complexity index is 622. The number of thiophene rings is 1. The Morgan fingerprint density at radius 3 is 2.79 bits per heavy atom. The molecule has 0 saturated carbocycles. The number of aliphatic hydroxyl groups excluding tert-OH is 1. The van der Waals surface area contributed by atoms with Crippen LogP contribution in [0, 0.1) is 11.8 Å². The fourth-order valence-corrected chi connectivity index (χ4v) is 2.35. The van der Waals surface area contributed by atoms with Crippen molar-refractivity contribution in [3.63, 3.8) is 0 Å². The summed E-state index contributed by atoms with van der Waals surface area (Å²) in [5, 5.41) is 10.4. The van der Waals surface area contributed by atoms with Crippen molar-refractivity contribution in [2.45, 2.75) is 0 Å². The number of amides is 1. The number of rotatable bonds is 2. The second kappa shape index (κ2) is 6.19. The van der Waals surface area contributed by atoms with Crippen molar-refractivity contribution in [3.8, 4) is 11.8 Å². The van der Waals surface area contributed by atoms with Gasteiger partial charge in [0.15, 0.2) is 0 Å². The monoisotopic (exact) mass is 271 g/mol. The lowest BCUT2D eigenvalue weighted by molar-refractivity contribution is 0.0993. The van der Waals surface area contributed by atoms with E-state index in [0.717, 1.165) is 10.6 Å². The van der Waals surface area contributed by atoms with Crippen molar-refractivity contribution in [1.82, 2.24) is 0 Å². The molecule has 1 aromatic heterocycles. The van der Waals surface area contributed by atoms with Gasteiger partial charge in [0.1, 0.15) is 6.61 Å². The van der Waals surface area contributed by atoms with E-state index in [-0.39, 0.29) is 12.5 Å². The zero-order valence-electron chi connectivity index (χ0n) is 10.5. The molecule has 2 rings (SSSR count). The molecule has 0 atom stereocenters. The Kier molecular flexibility index (Phi) is 4.35. The highest BCUT2D eigenvalue weighted by atomic mass is 32.1. The van der Waals surface area contributed by atoms with Gasteiger partial charge in [0.25, 0.3) is 5.91 Å². The van der Waals surface area contributed by atoms with E-state index in [4.69, 9.17) is 5.11 Å². The highest BCUT2D eigenvalue weighted by molar-refractivity contribution is 7.10. The number of benzene rings is 1. The van der Waals surface area contributed by atoms with Crippen LogP contribution in [0.5, 0.6) is 0 Å². The number of carbonyl (C=O) groups is 1. The minimum Gasteiger partial charge on any atom is -0.384 e. The average Bonchev–Trinajstić information content (AvgIpc) is 2.93. The predicted molar refractivity (Wildman–Crippen MR) is 77.5 cm³/mol. The molecule has 1 heterocycles. The van der Waals surface area contributed by atoms with Gasteiger partial charge in [-0.25, -0.2) is 0 Å². The van der Waals surface area contributed by atoms with Gasteiger partial charge in [0.2, 0.25) is 0 Å². The lowest BCUT2D eigenvalue weighted by Crippen LogP contribution is -2.25. The predicted octanol–water partition coefficient (Wildman–Crippen LogP) is 2.37. The van der Waals surface area contributed by atoms with Crippen LogP contribution in [0.15, 0.2) is 41.8 Å². The third-order valence-electron chi connectivity index (χ3n) is 2.59. The summed E-state index contributed by atoms with van der Waals surface area (Å²) < 4.78 is 0. The van der Waals surface area contributed by atoms with Gasteiger partial charge >= 0.3 is 0 Å². The highest BCUT2D eigenvalue weighted by Gasteiger charge is 2.14. The number of hydrogen-bond acceptors (Lipinski definition) is 3. The third-order valence-corrected chi connectivity index (χ3v) is 3.43. The number of hydrogen-bond donors (Lipinski definition) is 1. The summed E-state index contributed by atoms with van der Waals surface area (Å²) in [6.45, 7) is -0.175. The normalized spacial score (nSPS) is 9.58. The van der Waals surface area contributed by atoms with Gasteiger partial charge in [-0.15, -0.1) is 11.3 Å². The molecule has 0 bridgehead atoms. The van der Waals surface area contributed by atoms with E-state index in [9.17, 15) is 4.79 Å². The van der Waals surface area contributed by atoms with Crippen LogP contribution in [0.4, 0.5) is 5.69 Å². The van der Waals surface area contributed by atoms with Gasteiger partial charge in [0, 0.05) is 18.1 Å². The van der Waals surface area contributed by atoms with E-state index in [1.807, 2.05) is 30.3 Å². The third kappa shape index (κ3) is 3.22. The number of aliphatic hydroxyl groups is 1. The van der Waals surface area contributed by atoms with E-state index in [1.165, 1.54) is 11.3 Å². The molecule has 0 aliphatic carbocycles. The Morgan fingerprint density at radius 2 is 2.11 bits per heavy atom. The van der Waals surface area contributed by atoms with Gasteiger partial charge in [-0.05, 0) is 18.2 Å². The fourth-order valence-electron chi connectivity index (χ4n) is 1.60. The van der Waals surface area contributed by atoms with E-state index in [0.29, 0.717) is 5.56 Å². The minimum atomic E-state index is -0.175. The molecule has 0 aliphatic heterocycles. The summed E-state index contributed by atoms with van der Waals surface area (Å²) in [7, 11) is 1.74. The maximum absolute atomic E-state index is 12.3. The molecule has 2 aromatic rings. The Balaban J connectivity index is 2.18. The maximum Gasteiger partial charge on any atom is 0.258 e. The molecule has 1 amide bonds. The first kappa shape index (κ1) is 13.3. The van der Waals surface area contributed by atoms with Crippen LogP contribution in [-0.2, 0) is 0 Å². The summed E-state index contributed by atoms with van der Waals surface area (Å²) in [5.74, 6) is 5.29. The summed E-state index contributed by atoms with van der Waals surface area (Å²) >= 11 is 1.40. The summed E-state index contributed by atoms with van der Waals surface area (Å²) in [6, 6.07) is 11.2. The molecule has 0 spiro atoms. The fraction of sp³-hybridized carbons (Fsp3) is 0.133. The summed E-state index contributed by atoms with van der Waals surface area (Å²) in [4.78, 5) is 14.6. The zero-order chi connectivity index (χ0) is 13.7. The topological polar surface area (TPSA) is 40.5 Å². The van der Waals surface area contributed by atoms with Gasteiger partial charge in [-0.3, -0.25) is 4.79 Å². The lowest BCUT2D eigenvalue weighted by atomic mass is 10.2. The van der Waals surface area contributed by atoms with Crippen molar-refractivity contribution in [3.05, 3.63) is 52.2 Å². The van der Waals surface area contributed by atoms with E-state index in [1.54, 1.807) is 23.4 Å². The zero-order valence-corrected chi connectivity index (χ0v) is 11.3. The first-order chi connectivity index (χ1) is 9.22.